The lowest BCUT2D eigenvalue weighted by molar-refractivity contribution is 0.161. The van der Waals surface area contributed by atoms with Gasteiger partial charge in [-0.15, -0.1) is 0 Å². The predicted octanol–water partition coefficient (Wildman–Crippen LogP) is 3.95. The Hall–Kier alpha value is -1.02. The van der Waals surface area contributed by atoms with E-state index in [4.69, 9.17) is 4.74 Å². The van der Waals surface area contributed by atoms with Crippen molar-refractivity contribution < 1.29 is 9.84 Å². The van der Waals surface area contributed by atoms with Crippen LogP contribution in [-0.2, 0) is 0 Å². The fraction of sp³-hybridized carbons (Fsp3) is 0.600. The van der Waals surface area contributed by atoms with E-state index in [1.165, 1.54) is 6.42 Å². The molecule has 1 unspecified atom stereocenters. The molecule has 0 heterocycles. The molecule has 1 N–H and O–H groups in total. The first-order valence-corrected chi connectivity index (χ1v) is 6.54. The monoisotopic (exact) mass is 236 g/mol. The Morgan fingerprint density at radius 1 is 1.24 bits per heavy atom. The third kappa shape index (κ3) is 5.22. The van der Waals surface area contributed by atoms with Gasteiger partial charge in [-0.3, -0.25) is 0 Å². The molecule has 2 nitrogen and oxygen atoms in total. The summed E-state index contributed by atoms with van der Waals surface area (Å²) in [5.74, 6) is 1.55. The molecule has 0 amide bonds. The highest BCUT2D eigenvalue weighted by Gasteiger charge is 2.08. The molecule has 1 aromatic rings. The Labute approximate surface area is 105 Å². The van der Waals surface area contributed by atoms with E-state index in [0.29, 0.717) is 12.5 Å². The normalized spacial score (nSPS) is 12.8. The average molecular weight is 236 g/mol. The van der Waals surface area contributed by atoms with Crippen LogP contribution >= 0.6 is 0 Å². The zero-order valence-corrected chi connectivity index (χ0v) is 11.1. The summed E-state index contributed by atoms with van der Waals surface area (Å²) in [6.45, 7) is 7.04. The van der Waals surface area contributed by atoms with Crippen LogP contribution in [-0.4, -0.2) is 11.7 Å². The molecule has 0 bridgehead atoms. The maximum Gasteiger partial charge on any atom is 0.119 e. The lowest BCUT2D eigenvalue weighted by Crippen LogP contribution is -2.00. The first-order valence-electron chi connectivity index (χ1n) is 6.54. The summed E-state index contributed by atoms with van der Waals surface area (Å²) >= 11 is 0. The van der Waals surface area contributed by atoms with Crippen LogP contribution in [0, 0.1) is 5.92 Å². The second-order valence-corrected chi connectivity index (χ2v) is 4.85. The van der Waals surface area contributed by atoms with Crippen LogP contribution in [0.1, 0.15) is 51.7 Å². The lowest BCUT2D eigenvalue weighted by atomic mass is 10.00. The molecule has 96 valence electrons. The fourth-order valence-electron chi connectivity index (χ4n) is 1.86. The fourth-order valence-corrected chi connectivity index (χ4v) is 1.86. The number of aliphatic hydroxyl groups is 1. The third-order valence-electron chi connectivity index (χ3n) is 2.81. The highest BCUT2D eigenvalue weighted by molar-refractivity contribution is 5.29. The summed E-state index contributed by atoms with van der Waals surface area (Å²) in [7, 11) is 0. The lowest BCUT2D eigenvalue weighted by Gasteiger charge is -2.13. The van der Waals surface area contributed by atoms with Gasteiger partial charge in [0.15, 0.2) is 0 Å². The Kier molecular flexibility index (Phi) is 6.06. The van der Waals surface area contributed by atoms with Crippen molar-refractivity contribution in [3.63, 3.8) is 0 Å². The minimum Gasteiger partial charge on any atom is -0.494 e. The van der Waals surface area contributed by atoms with Crippen molar-refractivity contribution in [1.82, 2.24) is 0 Å². The first kappa shape index (κ1) is 14.0. The summed E-state index contributed by atoms with van der Waals surface area (Å²) in [6.07, 6.45) is 2.70. The van der Waals surface area contributed by atoms with Gasteiger partial charge >= 0.3 is 0 Å². The van der Waals surface area contributed by atoms with Crippen LogP contribution in [0.25, 0.3) is 0 Å². The van der Waals surface area contributed by atoms with Crippen molar-refractivity contribution in [3.05, 3.63) is 29.8 Å². The van der Waals surface area contributed by atoms with E-state index in [9.17, 15) is 5.11 Å². The number of benzene rings is 1. The van der Waals surface area contributed by atoms with Crippen molar-refractivity contribution in [3.8, 4) is 5.75 Å². The molecule has 0 spiro atoms. The smallest absolute Gasteiger partial charge is 0.119 e. The minimum absolute atomic E-state index is 0.367. The van der Waals surface area contributed by atoms with Crippen molar-refractivity contribution in [2.24, 2.45) is 5.92 Å². The highest BCUT2D eigenvalue weighted by Crippen LogP contribution is 2.24. The molecule has 0 aliphatic heterocycles. The van der Waals surface area contributed by atoms with Crippen molar-refractivity contribution in [1.29, 1.82) is 0 Å². The van der Waals surface area contributed by atoms with E-state index in [-0.39, 0.29) is 6.10 Å². The van der Waals surface area contributed by atoms with Crippen LogP contribution in [0.15, 0.2) is 24.3 Å². The van der Waals surface area contributed by atoms with Crippen molar-refractivity contribution in [2.75, 3.05) is 6.61 Å². The standard InChI is InChI=1S/C15H24O2/c1-4-17-14-9-6-8-13(11-14)15(16)10-5-7-12(2)3/h6,8-9,11-12,15-16H,4-5,7,10H2,1-3H3. The first-order chi connectivity index (χ1) is 8.13. The quantitative estimate of drug-likeness (QED) is 0.777. The van der Waals surface area contributed by atoms with Gasteiger partial charge in [0.05, 0.1) is 12.7 Å². The molecule has 1 aromatic carbocycles. The van der Waals surface area contributed by atoms with Gasteiger partial charge in [-0.25, -0.2) is 0 Å². The van der Waals surface area contributed by atoms with Gasteiger partial charge in [-0.1, -0.05) is 38.8 Å². The van der Waals surface area contributed by atoms with Crippen LogP contribution in [0.2, 0.25) is 0 Å². The van der Waals surface area contributed by atoms with Gasteiger partial charge in [0, 0.05) is 0 Å². The van der Waals surface area contributed by atoms with E-state index < -0.39 is 0 Å². The molecule has 1 rings (SSSR count). The number of rotatable bonds is 7. The number of hydrogen-bond donors (Lipinski definition) is 1. The Morgan fingerprint density at radius 3 is 2.65 bits per heavy atom. The van der Waals surface area contributed by atoms with Crippen molar-refractivity contribution >= 4 is 0 Å². The van der Waals surface area contributed by atoms with Gasteiger partial charge in [0.25, 0.3) is 0 Å². The Morgan fingerprint density at radius 2 is 2.00 bits per heavy atom. The minimum atomic E-state index is -0.367. The molecule has 17 heavy (non-hydrogen) atoms. The molecule has 2 heteroatoms. The maximum absolute atomic E-state index is 10.1. The van der Waals surface area contributed by atoms with Crippen LogP contribution in [0.4, 0.5) is 0 Å². The van der Waals surface area contributed by atoms with E-state index in [1.807, 2.05) is 31.2 Å². The van der Waals surface area contributed by atoms with E-state index in [1.54, 1.807) is 0 Å². The Balaban J connectivity index is 2.50. The van der Waals surface area contributed by atoms with E-state index in [0.717, 1.165) is 24.2 Å². The number of aliphatic hydroxyl groups excluding tert-OH is 1. The van der Waals surface area contributed by atoms with Gasteiger partial charge < -0.3 is 9.84 Å². The number of ether oxygens (including phenoxy) is 1. The van der Waals surface area contributed by atoms with E-state index in [2.05, 4.69) is 13.8 Å². The molecular weight excluding hydrogens is 212 g/mol. The summed E-state index contributed by atoms with van der Waals surface area (Å²) in [5.41, 5.74) is 0.958. The SMILES string of the molecule is CCOc1cccc(C(O)CCCC(C)C)c1. The van der Waals surface area contributed by atoms with Gasteiger partial charge in [0.2, 0.25) is 0 Å². The molecule has 0 aliphatic carbocycles. The largest absolute Gasteiger partial charge is 0.494 e. The third-order valence-corrected chi connectivity index (χ3v) is 2.81. The highest BCUT2D eigenvalue weighted by atomic mass is 16.5. The van der Waals surface area contributed by atoms with E-state index >= 15 is 0 Å². The van der Waals surface area contributed by atoms with Crippen LogP contribution in [0.5, 0.6) is 5.75 Å². The van der Waals surface area contributed by atoms with Gasteiger partial charge in [0.1, 0.15) is 5.75 Å². The summed E-state index contributed by atoms with van der Waals surface area (Å²) in [6, 6.07) is 7.76. The van der Waals surface area contributed by atoms with Crippen molar-refractivity contribution in [2.45, 2.75) is 46.1 Å². The predicted molar refractivity (Wildman–Crippen MR) is 71.3 cm³/mol. The molecular formula is C15H24O2. The van der Waals surface area contributed by atoms with Crippen LogP contribution < -0.4 is 4.74 Å². The Bertz CT molecular complexity index is 320. The molecule has 1 atom stereocenters. The average Bonchev–Trinajstić information content (AvgIpc) is 2.29. The number of hydrogen-bond acceptors (Lipinski definition) is 2. The topological polar surface area (TPSA) is 29.5 Å². The summed E-state index contributed by atoms with van der Waals surface area (Å²) in [4.78, 5) is 0. The maximum atomic E-state index is 10.1. The van der Waals surface area contributed by atoms with Gasteiger partial charge in [-0.05, 0) is 37.0 Å². The summed E-state index contributed by atoms with van der Waals surface area (Å²) in [5, 5.41) is 10.1. The molecule has 0 radical (unpaired) electrons. The zero-order valence-electron chi connectivity index (χ0n) is 11.1. The van der Waals surface area contributed by atoms with Crippen LogP contribution in [0.3, 0.4) is 0 Å². The second kappa shape index (κ2) is 7.33. The summed E-state index contributed by atoms with van der Waals surface area (Å²) < 4.78 is 5.43. The second-order valence-electron chi connectivity index (χ2n) is 4.85. The zero-order chi connectivity index (χ0) is 12.7. The molecule has 0 aliphatic rings. The van der Waals surface area contributed by atoms with Gasteiger partial charge in [-0.2, -0.15) is 0 Å². The molecule has 0 saturated carbocycles. The molecule has 0 saturated heterocycles. The molecule has 0 aromatic heterocycles. The molecule has 0 fully saturated rings.